The predicted octanol–water partition coefficient (Wildman–Crippen LogP) is 2.24. The molecular weight excluding hydrogens is 154 g/mol. The summed E-state index contributed by atoms with van der Waals surface area (Å²) < 4.78 is 5.16. The van der Waals surface area contributed by atoms with Crippen LogP contribution >= 0.6 is 0 Å². The van der Waals surface area contributed by atoms with Gasteiger partial charge in [0, 0.05) is 5.39 Å². The van der Waals surface area contributed by atoms with Crippen LogP contribution in [0.15, 0.2) is 40.1 Å². The maximum atomic E-state index is 8.28. The molecule has 0 aliphatic carbocycles. The SMILES string of the molecule is ON=Cc1ccc2ccoc2c1. The van der Waals surface area contributed by atoms with Crippen molar-refractivity contribution in [3.05, 3.63) is 36.1 Å². The summed E-state index contributed by atoms with van der Waals surface area (Å²) in [5.74, 6) is 0. The Morgan fingerprint density at radius 2 is 2.25 bits per heavy atom. The molecule has 60 valence electrons. The third-order valence-corrected chi connectivity index (χ3v) is 1.69. The Bertz CT molecular complexity index is 417. The van der Waals surface area contributed by atoms with E-state index in [1.165, 1.54) is 6.21 Å². The monoisotopic (exact) mass is 161 g/mol. The second kappa shape index (κ2) is 2.70. The lowest BCUT2D eigenvalue weighted by atomic mass is 10.2. The highest BCUT2D eigenvalue weighted by atomic mass is 16.4. The normalized spacial score (nSPS) is 11.3. The van der Waals surface area contributed by atoms with Crippen LogP contribution in [0.3, 0.4) is 0 Å². The van der Waals surface area contributed by atoms with Gasteiger partial charge in [-0.3, -0.25) is 0 Å². The maximum absolute atomic E-state index is 8.28. The molecule has 0 fully saturated rings. The fourth-order valence-electron chi connectivity index (χ4n) is 1.12. The summed E-state index contributed by atoms with van der Waals surface area (Å²) in [6.45, 7) is 0. The van der Waals surface area contributed by atoms with Crippen LogP contribution in [0.2, 0.25) is 0 Å². The minimum absolute atomic E-state index is 0.799. The van der Waals surface area contributed by atoms with Crippen molar-refractivity contribution < 1.29 is 9.62 Å². The van der Waals surface area contributed by atoms with E-state index in [4.69, 9.17) is 9.62 Å². The van der Waals surface area contributed by atoms with Gasteiger partial charge < -0.3 is 9.62 Å². The molecule has 1 aromatic carbocycles. The first-order chi connectivity index (χ1) is 5.90. The van der Waals surface area contributed by atoms with E-state index >= 15 is 0 Å². The molecule has 3 heteroatoms. The van der Waals surface area contributed by atoms with Crippen LogP contribution < -0.4 is 0 Å². The first kappa shape index (κ1) is 6.91. The van der Waals surface area contributed by atoms with Crippen molar-refractivity contribution in [1.29, 1.82) is 0 Å². The standard InChI is InChI=1S/C9H7NO2/c11-10-6-7-1-2-8-3-4-12-9(8)5-7/h1-6,11H. The molecule has 0 amide bonds. The van der Waals surface area contributed by atoms with Gasteiger partial charge in [-0.15, -0.1) is 0 Å². The second-order valence-electron chi connectivity index (χ2n) is 2.46. The summed E-state index contributed by atoms with van der Waals surface area (Å²) in [5, 5.41) is 12.3. The largest absolute Gasteiger partial charge is 0.464 e. The van der Waals surface area contributed by atoms with Crippen molar-refractivity contribution in [3.63, 3.8) is 0 Å². The van der Waals surface area contributed by atoms with Gasteiger partial charge >= 0.3 is 0 Å². The topological polar surface area (TPSA) is 45.7 Å². The van der Waals surface area contributed by atoms with Gasteiger partial charge in [0.2, 0.25) is 0 Å². The van der Waals surface area contributed by atoms with E-state index in [-0.39, 0.29) is 0 Å². The minimum atomic E-state index is 0.799. The Hall–Kier alpha value is -1.77. The van der Waals surface area contributed by atoms with Crippen molar-refractivity contribution >= 4 is 17.2 Å². The third-order valence-electron chi connectivity index (χ3n) is 1.69. The minimum Gasteiger partial charge on any atom is -0.464 e. The lowest BCUT2D eigenvalue weighted by Gasteiger charge is -1.90. The average molecular weight is 161 g/mol. The molecule has 0 atom stereocenters. The average Bonchev–Trinajstić information content (AvgIpc) is 2.51. The number of nitrogens with zero attached hydrogens (tertiary/aromatic N) is 1. The second-order valence-corrected chi connectivity index (χ2v) is 2.46. The summed E-state index contributed by atoms with van der Waals surface area (Å²) in [6, 6.07) is 7.47. The Morgan fingerprint density at radius 3 is 3.08 bits per heavy atom. The number of fused-ring (bicyclic) bond motifs is 1. The highest BCUT2D eigenvalue weighted by Crippen LogP contribution is 2.15. The fourth-order valence-corrected chi connectivity index (χ4v) is 1.12. The highest BCUT2D eigenvalue weighted by molar-refractivity contribution is 5.87. The summed E-state index contributed by atoms with van der Waals surface area (Å²) >= 11 is 0. The molecule has 1 aromatic heterocycles. The molecule has 12 heavy (non-hydrogen) atoms. The van der Waals surface area contributed by atoms with Crippen LogP contribution in [0, 0.1) is 0 Å². The first-order valence-corrected chi connectivity index (χ1v) is 3.55. The Labute approximate surface area is 68.9 Å². The molecule has 0 unspecified atom stereocenters. The number of furan rings is 1. The van der Waals surface area contributed by atoms with E-state index in [1.54, 1.807) is 6.26 Å². The maximum Gasteiger partial charge on any atom is 0.134 e. The van der Waals surface area contributed by atoms with Gasteiger partial charge in [-0.1, -0.05) is 17.3 Å². The molecule has 1 N–H and O–H groups in total. The zero-order valence-corrected chi connectivity index (χ0v) is 6.27. The number of rotatable bonds is 1. The third kappa shape index (κ3) is 1.05. The van der Waals surface area contributed by atoms with Crippen LogP contribution in [0.25, 0.3) is 11.0 Å². The Morgan fingerprint density at radius 1 is 1.33 bits per heavy atom. The van der Waals surface area contributed by atoms with Crippen molar-refractivity contribution in [2.45, 2.75) is 0 Å². The van der Waals surface area contributed by atoms with Gasteiger partial charge in [-0.2, -0.15) is 0 Å². The summed E-state index contributed by atoms with van der Waals surface area (Å²) in [5.41, 5.74) is 1.62. The Balaban J connectivity index is 2.60. The lowest BCUT2D eigenvalue weighted by Crippen LogP contribution is -1.78. The smallest absolute Gasteiger partial charge is 0.134 e. The van der Waals surface area contributed by atoms with Crippen LogP contribution in [0.1, 0.15) is 5.56 Å². The molecule has 2 rings (SSSR count). The highest BCUT2D eigenvalue weighted by Gasteiger charge is 1.96. The summed E-state index contributed by atoms with van der Waals surface area (Å²) in [7, 11) is 0. The van der Waals surface area contributed by atoms with Crippen molar-refractivity contribution in [3.8, 4) is 0 Å². The molecular formula is C9H7NO2. The predicted molar refractivity (Wildman–Crippen MR) is 45.6 cm³/mol. The van der Waals surface area contributed by atoms with E-state index in [0.29, 0.717) is 0 Å². The number of hydrogen-bond donors (Lipinski definition) is 1. The molecule has 0 aliphatic heterocycles. The molecule has 0 saturated heterocycles. The van der Waals surface area contributed by atoms with Crippen LogP contribution in [-0.4, -0.2) is 11.4 Å². The van der Waals surface area contributed by atoms with Gasteiger partial charge in [0.1, 0.15) is 5.58 Å². The van der Waals surface area contributed by atoms with E-state index < -0.39 is 0 Å². The number of benzene rings is 1. The van der Waals surface area contributed by atoms with Gasteiger partial charge in [0.15, 0.2) is 0 Å². The van der Waals surface area contributed by atoms with Crippen LogP contribution in [-0.2, 0) is 0 Å². The van der Waals surface area contributed by atoms with Gasteiger partial charge in [0.25, 0.3) is 0 Å². The summed E-state index contributed by atoms with van der Waals surface area (Å²) in [4.78, 5) is 0. The van der Waals surface area contributed by atoms with Crippen molar-refractivity contribution in [1.82, 2.24) is 0 Å². The zero-order chi connectivity index (χ0) is 8.39. The molecule has 1 heterocycles. The first-order valence-electron chi connectivity index (χ1n) is 3.55. The van der Waals surface area contributed by atoms with E-state index in [9.17, 15) is 0 Å². The molecule has 0 bridgehead atoms. The molecule has 0 saturated carbocycles. The van der Waals surface area contributed by atoms with Crippen LogP contribution in [0.5, 0.6) is 0 Å². The number of hydrogen-bond acceptors (Lipinski definition) is 3. The fraction of sp³-hybridized carbons (Fsp3) is 0. The molecule has 0 spiro atoms. The van der Waals surface area contributed by atoms with Gasteiger partial charge in [-0.25, -0.2) is 0 Å². The number of oxime groups is 1. The molecule has 3 nitrogen and oxygen atoms in total. The quantitative estimate of drug-likeness (QED) is 0.396. The lowest BCUT2D eigenvalue weighted by molar-refractivity contribution is 0.322. The summed E-state index contributed by atoms with van der Waals surface area (Å²) in [6.07, 6.45) is 2.99. The van der Waals surface area contributed by atoms with E-state index in [2.05, 4.69) is 5.16 Å². The van der Waals surface area contributed by atoms with E-state index in [0.717, 1.165) is 16.5 Å². The molecule has 2 aromatic rings. The van der Waals surface area contributed by atoms with Crippen molar-refractivity contribution in [2.24, 2.45) is 5.16 Å². The Kier molecular flexibility index (Phi) is 1.55. The van der Waals surface area contributed by atoms with Crippen LogP contribution in [0.4, 0.5) is 0 Å². The zero-order valence-electron chi connectivity index (χ0n) is 6.27. The van der Waals surface area contributed by atoms with E-state index in [1.807, 2.05) is 24.3 Å². The van der Waals surface area contributed by atoms with Gasteiger partial charge in [-0.05, 0) is 17.7 Å². The molecule has 0 aliphatic rings. The van der Waals surface area contributed by atoms with Gasteiger partial charge in [0.05, 0.1) is 12.5 Å². The molecule has 0 radical (unpaired) electrons. The van der Waals surface area contributed by atoms with Crippen molar-refractivity contribution in [2.75, 3.05) is 0 Å².